The first-order valence-corrected chi connectivity index (χ1v) is 5.35. The third kappa shape index (κ3) is 4.19. The molecule has 80 valence electrons. The molecule has 0 aliphatic rings. The van der Waals surface area contributed by atoms with E-state index >= 15 is 0 Å². The van der Waals surface area contributed by atoms with Gasteiger partial charge in [-0.05, 0) is 24.2 Å². The molecule has 1 N–H and O–H groups in total. The Bertz CT molecular complexity index is 357. The normalized spacial score (nSPS) is 9.80. The second-order valence-electron chi connectivity index (χ2n) is 3.72. The van der Waals surface area contributed by atoms with Gasteiger partial charge >= 0.3 is 0 Å². The zero-order valence-corrected chi connectivity index (χ0v) is 9.84. The van der Waals surface area contributed by atoms with Gasteiger partial charge in [0.25, 0.3) is 0 Å². The van der Waals surface area contributed by atoms with E-state index in [1.165, 1.54) is 0 Å². The average Bonchev–Trinajstić information content (AvgIpc) is 2.24. The van der Waals surface area contributed by atoms with Crippen molar-refractivity contribution in [2.24, 2.45) is 10.9 Å². The molecule has 0 spiro atoms. The minimum absolute atomic E-state index is 0.539. The summed E-state index contributed by atoms with van der Waals surface area (Å²) in [6.45, 7) is 5.82. The fraction of sp³-hybridized carbons (Fsp3) is 0.455. The molecule has 3 nitrogen and oxygen atoms in total. The van der Waals surface area contributed by atoms with Gasteiger partial charge in [0.1, 0.15) is 0 Å². The van der Waals surface area contributed by atoms with Gasteiger partial charge in [0.05, 0.1) is 11.7 Å². The van der Waals surface area contributed by atoms with Gasteiger partial charge in [0.2, 0.25) is 0 Å². The number of nitrogens with one attached hydrogen (secondary N) is 1. The van der Waals surface area contributed by atoms with Crippen molar-refractivity contribution in [3.63, 3.8) is 0 Å². The summed E-state index contributed by atoms with van der Waals surface area (Å²) >= 11 is 4.54. The van der Waals surface area contributed by atoms with Crippen LogP contribution in [0.3, 0.4) is 0 Å². The third-order valence-electron chi connectivity index (χ3n) is 1.92. The zero-order chi connectivity index (χ0) is 11.1. The van der Waals surface area contributed by atoms with Crippen molar-refractivity contribution in [1.82, 2.24) is 4.98 Å². The summed E-state index contributed by atoms with van der Waals surface area (Å²) < 4.78 is 0. The van der Waals surface area contributed by atoms with Gasteiger partial charge in [-0.15, -0.1) is 0 Å². The van der Waals surface area contributed by atoms with Crippen molar-refractivity contribution in [3.8, 4) is 0 Å². The summed E-state index contributed by atoms with van der Waals surface area (Å²) in [5.74, 6) is 0.611. The van der Waals surface area contributed by atoms with E-state index < -0.39 is 0 Å². The number of nitrogens with zero attached hydrogens (tertiary/aromatic N) is 2. The number of hydrogen-bond donors (Lipinski definition) is 1. The van der Waals surface area contributed by atoms with Crippen molar-refractivity contribution >= 4 is 23.1 Å². The van der Waals surface area contributed by atoms with Gasteiger partial charge in [-0.3, -0.25) is 4.98 Å². The Morgan fingerprint density at radius 3 is 3.07 bits per heavy atom. The first-order chi connectivity index (χ1) is 7.24. The largest absolute Gasteiger partial charge is 0.384 e. The highest BCUT2D eigenvalue weighted by molar-refractivity contribution is 7.78. The van der Waals surface area contributed by atoms with Crippen LogP contribution in [-0.4, -0.2) is 16.7 Å². The van der Waals surface area contributed by atoms with Crippen molar-refractivity contribution in [1.29, 1.82) is 0 Å². The third-order valence-corrected chi connectivity index (χ3v) is 2.05. The predicted molar refractivity (Wildman–Crippen MR) is 66.3 cm³/mol. The molecule has 0 unspecified atom stereocenters. The van der Waals surface area contributed by atoms with Crippen molar-refractivity contribution in [2.75, 3.05) is 11.9 Å². The summed E-state index contributed by atoms with van der Waals surface area (Å²) in [5.41, 5.74) is 2.13. The molecule has 1 rings (SSSR count). The molecule has 0 fully saturated rings. The van der Waals surface area contributed by atoms with Crippen LogP contribution in [0.2, 0.25) is 0 Å². The number of anilines is 1. The van der Waals surface area contributed by atoms with Crippen molar-refractivity contribution in [2.45, 2.75) is 20.4 Å². The number of hydrogen-bond acceptors (Lipinski definition) is 4. The van der Waals surface area contributed by atoms with Crippen LogP contribution >= 0.6 is 12.2 Å². The highest BCUT2D eigenvalue weighted by Gasteiger charge is 2.01. The molecule has 0 saturated heterocycles. The Morgan fingerprint density at radius 1 is 1.60 bits per heavy atom. The summed E-state index contributed by atoms with van der Waals surface area (Å²) in [4.78, 5) is 7.98. The predicted octanol–water partition coefficient (Wildman–Crippen LogP) is 2.75. The zero-order valence-electron chi connectivity index (χ0n) is 9.03. The molecule has 0 amide bonds. The molecular formula is C11H15N3S. The standard InChI is InChI=1S/C11H15N3S/c1-9(2)5-14-11-3-4-12-6-10(11)7-13-8-15/h3-4,6,9H,5,7H2,1-2H3,(H,12,14). The van der Waals surface area contributed by atoms with Crippen LogP contribution in [-0.2, 0) is 6.54 Å². The van der Waals surface area contributed by atoms with Gasteiger partial charge in [-0.1, -0.05) is 13.8 Å². The number of pyridine rings is 1. The molecule has 1 heterocycles. The van der Waals surface area contributed by atoms with Crippen LogP contribution in [0.1, 0.15) is 19.4 Å². The van der Waals surface area contributed by atoms with Crippen LogP contribution in [0, 0.1) is 5.92 Å². The van der Waals surface area contributed by atoms with Crippen molar-refractivity contribution < 1.29 is 0 Å². The van der Waals surface area contributed by atoms with E-state index in [0.29, 0.717) is 12.5 Å². The average molecular weight is 221 g/mol. The molecule has 0 radical (unpaired) electrons. The molecule has 15 heavy (non-hydrogen) atoms. The van der Waals surface area contributed by atoms with Gasteiger partial charge in [-0.2, -0.15) is 0 Å². The first-order valence-electron chi connectivity index (χ1n) is 4.94. The summed E-state index contributed by atoms with van der Waals surface area (Å²) in [7, 11) is 0. The second-order valence-corrected chi connectivity index (χ2v) is 3.90. The number of rotatable bonds is 5. The fourth-order valence-corrected chi connectivity index (χ4v) is 1.22. The lowest BCUT2D eigenvalue weighted by Crippen LogP contribution is -2.09. The van der Waals surface area contributed by atoms with E-state index in [9.17, 15) is 0 Å². The fourth-order valence-electron chi connectivity index (χ4n) is 1.16. The van der Waals surface area contributed by atoms with Crippen LogP contribution in [0.4, 0.5) is 5.69 Å². The Labute approximate surface area is 95.6 Å². The highest BCUT2D eigenvalue weighted by atomic mass is 32.1. The van der Waals surface area contributed by atoms with Gasteiger partial charge in [0.15, 0.2) is 0 Å². The highest BCUT2D eigenvalue weighted by Crippen LogP contribution is 2.14. The number of isothiocyanates is 1. The SMILES string of the molecule is CC(C)CNc1ccncc1CN=C=S. The number of thiocarbonyl (C=S) groups is 1. The molecule has 0 aliphatic carbocycles. The monoisotopic (exact) mass is 221 g/mol. The summed E-state index contributed by atoms with van der Waals surface area (Å²) in [6.07, 6.45) is 3.58. The molecule has 1 aromatic heterocycles. The minimum atomic E-state index is 0.539. The number of aliphatic imine (C=N–C) groups is 1. The summed E-state index contributed by atoms with van der Waals surface area (Å²) in [6, 6.07) is 1.95. The molecule has 0 aromatic carbocycles. The Morgan fingerprint density at radius 2 is 2.40 bits per heavy atom. The van der Waals surface area contributed by atoms with Gasteiger partial charge < -0.3 is 5.32 Å². The Balaban J connectivity index is 2.72. The van der Waals surface area contributed by atoms with Crippen LogP contribution < -0.4 is 5.32 Å². The quantitative estimate of drug-likeness (QED) is 0.613. The topological polar surface area (TPSA) is 37.3 Å². The van der Waals surface area contributed by atoms with E-state index in [4.69, 9.17) is 0 Å². The lowest BCUT2D eigenvalue weighted by Gasteiger charge is -2.11. The molecule has 0 aliphatic heterocycles. The van der Waals surface area contributed by atoms with Crippen LogP contribution in [0.15, 0.2) is 23.5 Å². The van der Waals surface area contributed by atoms with E-state index in [1.807, 2.05) is 6.07 Å². The van der Waals surface area contributed by atoms with Crippen molar-refractivity contribution in [3.05, 3.63) is 24.0 Å². The van der Waals surface area contributed by atoms with E-state index in [2.05, 4.69) is 46.5 Å². The van der Waals surface area contributed by atoms with E-state index in [0.717, 1.165) is 17.8 Å². The van der Waals surface area contributed by atoms with Crippen LogP contribution in [0.25, 0.3) is 0 Å². The lowest BCUT2D eigenvalue weighted by atomic mass is 10.2. The number of aromatic nitrogens is 1. The van der Waals surface area contributed by atoms with Gasteiger partial charge in [-0.25, -0.2) is 4.99 Å². The first kappa shape index (κ1) is 11.8. The molecule has 0 saturated carbocycles. The summed E-state index contributed by atoms with van der Waals surface area (Å²) in [5, 5.41) is 5.72. The smallest absolute Gasteiger partial charge is 0.0778 e. The molecule has 0 bridgehead atoms. The molecule has 4 heteroatoms. The van der Waals surface area contributed by atoms with Gasteiger partial charge in [0, 0.05) is 30.2 Å². The Hall–Kier alpha value is -1.25. The maximum absolute atomic E-state index is 4.54. The molecular weight excluding hydrogens is 206 g/mol. The molecule has 1 aromatic rings. The minimum Gasteiger partial charge on any atom is -0.384 e. The Kier molecular flexibility index (Phi) is 4.95. The lowest BCUT2D eigenvalue weighted by molar-refractivity contribution is 0.688. The van der Waals surface area contributed by atoms with Crippen LogP contribution in [0.5, 0.6) is 0 Å². The van der Waals surface area contributed by atoms with E-state index in [1.54, 1.807) is 12.4 Å². The maximum Gasteiger partial charge on any atom is 0.0778 e. The maximum atomic E-state index is 4.54. The second kappa shape index (κ2) is 6.27. The van der Waals surface area contributed by atoms with E-state index in [-0.39, 0.29) is 0 Å². The molecule has 0 atom stereocenters.